The largest absolute Gasteiger partial charge is 0.321 e. The Hall–Kier alpha value is -2.28. The van der Waals surface area contributed by atoms with Crippen LogP contribution in [0, 0.1) is 0 Å². The molecule has 3 aromatic rings. The number of fused-ring (bicyclic) bond motifs is 1. The SMILES string of the molecule is O=C(Nc1ccc(-c2cn3ccsc3n2)cc1)C(F)F. The third kappa shape index (κ3) is 2.39. The first-order chi connectivity index (χ1) is 9.63. The summed E-state index contributed by atoms with van der Waals surface area (Å²) in [6.45, 7) is 0. The molecule has 0 bridgehead atoms. The molecule has 0 aliphatic heterocycles. The van der Waals surface area contributed by atoms with Crippen molar-refractivity contribution in [1.82, 2.24) is 9.38 Å². The molecule has 20 heavy (non-hydrogen) atoms. The molecule has 3 rings (SSSR count). The number of nitrogens with zero attached hydrogens (tertiary/aromatic N) is 2. The van der Waals surface area contributed by atoms with E-state index >= 15 is 0 Å². The van der Waals surface area contributed by atoms with E-state index in [9.17, 15) is 13.6 Å². The maximum absolute atomic E-state index is 12.1. The molecule has 0 atom stereocenters. The number of anilines is 1. The normalized spacial score (nSPS) is 11.2. The van der Waals surface area contributed by atoms with E-state index in [1.165, 1.54) is 11.3 Å². The van der Waals surface area contributed by atoms with E-state index < -0.39 is 12.3 Å². The van der Waals surface area contributed by atoms with Gasteiger partial charge < -0.3 is 5.32 Å². The van der Waals surface area contributed by atoms with Crippen molar-refractivity contribution in [3.63, 3.8) is 0 Å². The van der Waals surface area contributed by atoms with Gasteiger partial charge in [-0.2, -0.15) is 8.78 Å². The van der Waals surface area contributed by atoms with Gasteiger partial charge >= 0.3 is 6.43 Å². The minimum Gasteiger partial charge on any atom is -0.321 e. The molecule has 0 radical (unpaired) electrons. The number of alkyl halides is 2. The number of benzene rings is 1. The van der Waals surface area contributed by atoms with Gasteiger partial charge in [0.2, 0.25) is 0 Å². The Balaban J connectivity index is 1.82. The molecule has 2 aromatic heterocycles. The summed E-state index contributed by atoms with van der Waals surface area (Å²) in [6, 6.07) is 6.60. The van der Waals surface area contributed by atoms with Gasteiger partial charge in [0.1, 0.15) is 0 Å². The Labute approximate surface area is 116 Å². The molecule has 0 aliphatic carbocycles. The maximum Gasteiger partial charge on any atom is 0.315 e. The van der Waals surface area contributed by atoms with Crippen molar-refractivity contribution in [3.05, 3.63) is 42.0 Å². The Morgan fingerprint density at radius 3 is 2.70 bits per heavy atom. The summed E-state index contributed by atoms with van der Waals surface area (Å²) in [6.07, 6.45) is 0.779. The van der Waals surface area contributed by atoms with Crippen LogP contribution in [0.25, 0.3) is 16.2 Å². The monoisotopic (exact) mass is 293 g/mol. The highest BCUT2D eigenvalue weighted by Gasteiger charge is 2.14. The molecule has 0 spiro atoms. The Morgan fingerprint density at radius 2 is 2.05 bits per heavy atom. The zero-order chi connectivity index (χ0) is 14.1. The van der Waals surface area contributed by atoms with Crippen LogP contribution in [0.3, 0.4) is 0 Å². The quantitative estimate of drug-likeness (QED) is 0.805. The molecule has 102 valence electrons. The van der Waals surface area contributed by atoms with Gasteiger partial charge in [-0.3, -0.25) is 9.20 Å². The fourth-order valence-electron chi connectivity index (χ4n) is 1.79. The number of rotatable bonds is 3. The maximum atomic E-state index is 12.1. The second kappa shape index (κ2) is 5.01. The predicted octanol–water partition coefficient (Wildman–Crippen LogP) is 3.27. The summed E-state index contributed by atoms with van der Waals surface area (Å²) in [7, 11) is 0. The third-order valence-electron chi connectivity index (χ3n) is 2.74. The molecule has 0 unspecified atom stereocenters. The van der Waals surface area contributed by atoms with Crippen molar-refractivity contribution >= 4 is 27.9 Å². The number of aromatic nitrogens is 2. The molecular weight excluding hydrogens is 284 g/mol. The summed E-state index contributed by atoms with van der Waals surface area (Å²) >= 11 is 1.53. The highest BCUT2D eigenvalue weighted by Crippen LogP contribution is 2.23. The molecule has 0 fully saturated rings. The smallest absolute Gasteiger partial charge is 0.315 e. The van der Waals surface area contributed by atoms with E-state index in [4.69, 9.17) is 0 Å². The lowest BCUT2D eigenvalue weighted by atomic mass is 10.1. The molecule has 4 nitrogen and oxygen atoms in total. The number of halogens is 2. The summed E-state index contributed by atoms with van der Waals surface area (Å²) < 4.78 is 26.1. The van der Waals surface area contributed by atoms with Crippen molar-refractivity contribution in [2.45, 2.75) is 6.43 Å². The van der Waals surface area contributed by atoms with Crippen molar-refractivity contribution in [3.8, 4) is 11.3 Å². The number of carbonyl (C=O) groups excluding carboxylic acids is 1. The third-order valence-corrected chi connectivity index (χ3v) is 3.51. The fourth-order valence-corrected chi connectivity index (χ4v) is 2.49. The van der Waals surface area contributed by atoms with Crippen molar-refractivity contribution in [2.75, 3.05) is 5.32 Å². The van der Waals surface area contributed by atoms with Crippen molar-refractivity contribution < 1.29 is 13.6 Å². The van der Waals surface area contributed by atoms with E-state index in [1.54, 1.807) is 24.3 Å². The van der Waals surface area contributed by atoms with Crippen LogP contribution >= 0.6 is 11.3 Å². The van der Waals surface area contributed by atoms with E-state index in [-0.39, 0.29) is 0 Å². The van der Waals surface area contributed by atoms with E-state index in [0.717, 1.165) is 16.2 Å². The first-order valence-electron chi connectivity index (χ1n) is 5.75. The van der Waals surface area contributed by atoms with Crippen LogP contribution in [-0.4, -0.2) is 21.7 Å². The molecule has 7 heteroatoms. The van der Waals surface area contributed by atoms with Gasteiger partial charge in [0.05, 0.1) is 5.69 Å². The number of carbonyl (C=O) groups is 1. The van der Waals surface area contributed by atoms with Crippen molar-refractivity contribution in [2.24, 2.45) is 0 Å². The van der Waals surface area contributed by atoms with Gasteiger partial charge in [0.25, 0.3) is 5.91 Å². The summed E-state index contributed by atoms with van der Waals surface area (Å²) in [4.78, 5) is 16.2. The molecule has 0 saturated heterocycles. The van der Waals surface area contributed by atoms with Gasteiger partial charge in [-0.1, -0.05) is 12.1 Å². The van der Waals surface area contributed by atoms with Crippen LogP contribution in [0.2, 0.25) is 0 Å². The van der Waals surface area contributed by atoms with Crippen LogP contribution in [0.1, 0.15) is 0 Å². The summed E-state index contributed by atoms with van der Waals surface area (Å²) in [5.74, 6) is -1.31. The number of hydrogen-bond donors (Lipinski definition) is 1. The van der Waals surface area contributed by atoms with Gasteiger partial charge in [-0.25, -0.2) is 4.98 Å². The summed E-state index contributed by atoms with van der Waals surface area (Å²) in [5, 5.41) is 4.07. The summed E-state index contributed by atoms with van der Waals surface area (Å²) in [5.41, 5.74) is 1.99. The zero-order valence-electron chi connectivity index (χ0n) is 10.1. The Bertz CT molecular complexity index is 720. The highest BCUT2D eigenvalue weighted by atomic mass is 32.1. The first kappa shape index (κ1) is 12.7. The Kier molecular flexibility index (Phi) is 3.19. The van der Waals surface area contributed by atoms with Crippen LogP contribution in [-0.2, 0) is 4.79 Å². The molecule has 1 aromatic carbocycles. The second-order valence-corrected chi connectivity index (χ2v) is 4.96. The van der Waals surface area contributed by atoms with E-state index in [1.807, 2.05) is 22.2 Å². The number of thiazole rings is 1. The number of hydrogen-bond acceptors (Lipinski definition) is 3. The molecule has 1 amide bonds. The topological polar surface area (TPSA) is 46.4 Å². The average molecular weight is 293 g/mol. The standard InChI is InChI=1S/C13H9F2N3OS/c14-11(15)12(19)16-9-3-1-8(2-4-9)10-7-18-5-6-20-13(18)17-10/h1-7,11H,(H,16,19). The number of imidazole rings is 1. The van der Waals surface area contributed by atoms with Gasteiger partial charge in [-0.05, 0) is 12.1 Å². The second-order valence-electron chi connectivity index (χ2n) is 4.09. The van der Waals surface area contributed by atoms with Crippen LogP contribution < -0.4 is 5.32 Å². The average Bonchev–Trinajstić information content (AvgIpc) is 3.00. The molecule has 0 saturated carbocycles. The van der Waals surface area contributed by atoms with Crippen LogP contribution in [0.5, 0.6) is 0 Å². The lowest BCUT2D eigenvalue weighted by molar-refractivity contribution is -0.126. The predicted molar refractivity (Wildman–Crippen MR) is 73.1 cm³/mol. The van der Waals surface area contributed by atoms with Crippen LogP contribution in [0.4, 0.5) is 14.5 Å². The van der Waals surface area contributed by atoms with Crippen LogP contribution in [0.15, 0.2) is 42.0 Å². The highest BCUT2D eigenvalue weighted by molar-refractivity contribution is 7.15. The minimum atomic E-state index is -3.02. The van der Waals surface area contributed by atoms with Crippen molar-refractivity contribution in [1.29, 1.82) is 0 Å². The number of amides is 1. The number of nitrogens with one attached hydrogen (secondary N) is 1. The first-order valence-corrected chi connectivity index (χ1v) is 6.63. The zero-order valence-corrected chi connectivity index (χ0v) is 10.9. The minimum absolute atomic E-state index is 0.333. The fraction of sp³-hybridized carbons (Fsp3) is 0.0769. The lowest BCUT2D eigenvalue weighted by Gasteiger charge is -2.04. The van der Waals surface area contributed by atoms with E-state index in [2.05, 4.69) is 10.3 Å². The Morgan fingerprint density at radius 1 is 1.30 bits per heavy atom. The van der Waals surface area contributed by atoms with Gasteiger partial charge in [0.15, 0.2) is 4.96 Å². The van der Waals surface area contributed by atoms with E-state index in [0.29, 0.717) is 5.69 Å². The van der Waals surface area contributed by atoms with Gasteiger partial charge in [-0.15, -0.1) is 11.3 Å². The molecule has 0 aliphatic rings. The lowest BCUT2D eigenvalue weighted by Crippen LogP contribution is -2.19. The molecular formula is C13H9F2N3OS. The van der Waals surface area contributed by atoms with Gasteiger partial charge in [0, 0.05) is 29.0 Å². The molecule has 1 N–H and O–H groups in total. The molecule has 2 heterocycles.